The molecule has 0 aliphatic carbocycles. The number of pyridine rings is 1. The second-order valence-corrected chi connectivity index (χ2v) is 7.25. The van der Waals surface area contributed by atoms with E-state index in [1.807, 2.05) is 20.8 Å². The minimum absolute atomic E-state index is 0.0368. The predicted octanol–water partition coefficient (Wildman–Crippen LogP) is 2.70. The van der Waals surface area contributed by atoms with Crippen LogP contribution < -0.4 is 5.56 Å². The summed E-state index contributed by atoms with van der Waals surface area (Å²) < 4.78 is 5.38. The molecule has 1 atom stereocenters. The zero-order chi connectivity index (χ0) is 17.5. The number of hydrogen-bond donors (Lipinski definition) is 1. The van der Waals surface area contributed by atoms with Crippen molar-refractivity contribution in [2.24, 2.45) is 0 Å². The van der Waals surface area contributed by atoms with Crippen LogP contribution in [0.2, 0.25) is 5.15 Å². The first kappa shape index (κ1) is 16.7. The Kier molecular flexibility index (Phi) is 4.21. The Bertz CT molecular complexity index is 843. The summed E-state index contributed by atoms with van der Waals surface area (Å²) >= 11 is 5.81. The lowest BCUT2D eigenvalue weighted by Gasteiger charge is -2.24. The summed E-state index contributed by atoms with van der Waals surface area (Å²) in [5.74, 6) is 0.521. The van der Waals surface area contributed by atoms with Gasteiger partial charge in [-0.05, 0) is 39.3 Å². The van der Waals surface area contributed by atoms with Gasteiger partial charge in [-0.1, -0.05) is 11.6 Å². The molecule has 0 bridgehead atoms. The van der Waals surface area contributed by atoms with Crippen LogP contribution in [0.15, 0.2) is 16.9 Å². The molecule has 24 heavy (non-hydrogen) atoms. The number of likely N-dealkylation sites (tertiary alicyclic amines) is 1. The normalized spacial score (nSPS) is 18.2. The second-order valence-electron chi connectivity index (χ2n) is 6.86. The molecule has 0 radical (unpaired) electrons. The fourth-order valence-corrected chi connectivity index (χ4v) is 2.84. The molecule has 0 saturated carbocycles. The first-order valence-corrected chi connectivity index (χ1v) is 8.15. The van der Waals surface area contributed by atoms with Crippen LogP contribution in [0.1, 0.15) is 38.9 Å². The molecule has 1 aliphatic heterocycles. The molecule has 1 amide bonds. The van der Waals surface area contributed by atoms with Crippen LogP contribution in [0.3, 0.4) is 0 Å². The molecule has 1 saturated heterocycles. The quantitative estimate of drug-likeness (QED) is 0.799. The van der Waals surface area contributed by atoms with Gasteiger partial charge in [-0.2, -0.15) is 0 Å². The summed E-state index contributed by atoms with van der Waals surface area (Å²) in [6.45, 7) is 6.53. The minimum Gasteiger partial charge on any atom is -0.444 e. The van der Waals surface area contributed by atoms with E-state index < -0.39 is 5.60 Å². The van der Waals surface area contributed by atoms with Crippen LogP contribution in [0.4, 0.5) is 4.79 Å². The summed E-state index contributed by atoms with van der Waals surface area (Å²) in [5, 5.41) is 0.250. The molecule has 128 valence electrons. The molecular formula is C16H19ClN4O3. The third kappa shape index (κ3) is 3.51. The SMILES string of the molecule is CC(C)(C)OC(=O)N1CCC(c2nc3ccc(Cl)nc3c(=O)[nH]2)C1. The molecule has 0 aromatic carbocycles. The predicted molar refractivity (Wildman–Crippen MR) is 90.3 cm³/mol. The van der Waals surface area contributed by atoms with Gasteiger partial charge in [0.1, 0.15) is 16.6 Å². The zero-order valence-corrected chi connectivity index (χ0v) is 14.6. The van der Waals surface area contributed by atoms with Crippen LogP contribution in [0.25, 0.3) is 11.0 Å². The first-order chi connectivity index (χ1) is 11.2. The number of fused-ring (bicyclic) bond motifs is 1. The van der Waals surface area contributed by atoms with Gasteiger partial charge >= 0.3 is 6.09 Å². The van der Waals surface area contributed by atoms with Crippen molar-refractivity contribution in [3.05, 3.63) is 33.5 Å². The van der Waals surface area contributed by atoms with Gasteiger partial charge in [0.15, 0.2) is 5.52 Å². The number of H-pyrrole nitrogens is 1. The molecular weight excluding hydrogens is 332 g/mol. The van der Waals surface area contributed by atoms with E-state index in [1.165, 1.54) is 0 Å². The van der Waals surface area contributed by atoms with E-state index in [1.54, 1.807) is 17.0 Å². The largest absolute Gasteiger partial charge is 0.444 e. The number of nitrogens with zero attached hydrogens (tertiary/aromatic N) is 3. The molecule has 0 spiro atoms. The molecule has 2 aromatic heterocycles. The fraction of sp³-hybridized carbons (Fsp3) is 0.500. The van der Waals surface area contributed by atoms with Crippen molar-refractivity contribution in [3.63, 3.8) is 0 Å². The number of halogens is 1. The zero-order valence-electron chi connectivity index (χ0n) is 13.8. The number of aromatic nitrogens is 3. The summed E-state index contributed by atoms with van der Waals surface area (Å²) in [6, 6.07) is 3.27. The molecule has 8 heteroatoms. The van der Waals surface area contributed by atoms with Crippen molar-refractivity contribution in [3.8, 4) is 0 Å². The Labute approximate surface area is 144 Å². The smallest absolute Gasteiger partial charge is 0.410 e. The summed E-state index contributed by atoms with van der Waals surface area (Å²) in [5.41, 5.74) is -0.148. The number of carbonyl (C=O) groups is 1. The topological polar surface area (TPSA) is 88.2 Å². The van der Waals surface area contributed by atoms with Gasteiger partial charge in [0.25, 0.3) is 5.56 Å². The highest BCUT2D eigenvalue weighted by Crippen LogP contribution is 2.26. The Morgan fingerprint density at radius 3 is 2.83 bits per heavy atom. The molecule has 3 heterocycles. The molecule has 1 fully saturated rings. The molecule has 2 aromatic rings. The average molecular weight is 351 g/mol. The highest BCUT2D eigenvalue weighted by Gasteiger charge is 2.32. The molecule has 3 rings (SSSR count). The monoisotopic (exact) mass is 350 g/mol. The number of rotatable bonds is 1. The summed E-state index contributed by atoms with van der Waals surface area (Å²) in [4.78, 5) is 37.2. The van der Waals surface area contributed by atoms with Gasteiger partial charge < -0.3 is 14.6 Å². The highest BCUT2D eigenvalue weighted by atomic mass is 35.5. The van der Waals surface area contributed by atoms with Crippen molar-refractivity contribution in [2.45, 2.75) is 38.7 Å². The fourth-order valence-electron chi connectivity index (χ4n) is 2.69. The van der Waals surface area contributed by atoms with Crippen LogP contribution in [-0.2, 0) is 4.74 Å². The van der Waals surface area contributed by atoms with Crippen LogP contribution >= 0.6 is 11.6 Å². The van der Waals surface area contributed by atoms with Gasteiger partial charge in [-0.3, -0.25) is 4.79 Å². The average Bonchev–Trinajstić information content (AvgIpc) is 2.96. The Morgan fingerprint density at radius 1 is 1.38 bits per heavy atom. The lowest BCUT2D eigenvalue weighted by molar-refractivity contribution is 0.0292. The minimum atomic E-state index is -0.532. The molecule has 1 unspecified atom stereocenters. The van der Waals surface area contributed by atoms with Crippen molar-refractivity contribution in [2.75, 3.05) is 13.1 Å². The van der Waals surface area contributed by atoms with Gasteiger partial charge in [-0.25, -0.2) is 14.8 Å². The van der Waals surface area contributed by atoms with E-state index in [-0.39, 0.29) is 28.2 Å². The number of ether oxygens (including phenoxy) is 1. The maximum absolute atomic E-state index is 12.2. The van der Waals surface area contributed by atoms with Gasteiger partial charge in [0.2, 0.25) is 0 Å². The van der Waals surface area contributed by atoms with Gasteiger partial charge in [0.05, 0.1) is 5.52 Å². The van der Waals surface area contributed by atoms with E-state index in [0.29, 0.717) is 30.9 Å². The van der Waals surface area contributed by atoms with Crippen molar-refractivity contribution in [1.29, 1.82) is 0 Å². The maximum atomic E-state index is 12.2. The van der Waals surface area contributed by atoms with Crippen LogP contribution in [0.5, 0.6) is 0 Å². The molecule has 7 nitrogen and oxygen atoms in total. The second kappa shape index (κ2) is 6.05. The summed E-state index contributed by atoms with van der Waals surface area (Å²) in [7, 11) is 0. The lowest BCUT2D eigenvalue weighted by atomic mass is 10.1. The van der Waals surface area contributed by atoms with E-state index >= 15 is 0 Å². The van der Waals surface area contributed by atoms with E-state index in [4.69, 9.17) is 16.3 Å². The molecule has 1 N–H and O–H groups in total. The highest BCUT2D eigenvalue weighted by molar-refractivity contribution is 6.29. The van der Waals surface area contributed by atoms with E-state index in [2.05, 4.69) is 15.0 Å². The standard InChI is InChI=1S/C16H19ClN4O3/c1-16(2,3)24-15(23)21-7-6-9(8-21)13-18-10-4-5-11(17)19-12(10)14(22)20-13/h4-5,9H,6-8H2,1-3H3,(H,18,20,22). The van der Waals surface area contributed by atoms with Crippen LogP contribution in [-0.4, -0.2) is 44.6 Å². The number of carbonyl (C=O) groups excluding carboxylic acids is 1. The van der Waals surface area contributed by atoms with Gasteiger partial charge in [0, 0.05) is 19.0 Å². The first-order valence-electron chi connectivity index (χ1n) is 7.77. The molecule has 1 aliphatic rings. The Morgan fingerprint density at radius 2 is 2.12 bits per heavy atom. The number of nitrogens with one attached hydrogen (secondary N) is 1. The third-order valence-corrected chi connectivity index (χ3v) is 3.97. The third-order valence-electron chi connectivity index (χ3n) is 3.76. The number of hydrogen-bond acceptors (Lipinski definition) is 5. The van der Waals surface area contributed by atoms with Crippen LogP contribution in [0, 0.1) is 0 Å². The number of aromatic amines is 1. The van der Waals surface area contributed by atoms with E-state index in [0.717, 1.165) is 0 Å². The van der Waals surface area contributed by atoms with Crippen molar-refractivity contribution < 1.29 is 9.53 Å². The lowest BCUT2D eigenvalue weighted by Crippen LogP contribution is -2.35. The Balaban J connectivity index is 1.81. The van der Waals surface area contributed by atoms with Crippen molar-refractivity contribution >= 4 is 28.7 Å². The van der Waals surface area contributed by atoms with Crippen molar-refractivity contribution in [1.82, 2.24) is 19.9 Å². The van der Waals surface area contributed by atoms with E-state index in [9.17, 15) is 9.59 Å². The Hall–Kier alpha value is -2.15. The maximum Gasteiger partial charge on any atom is 0.410 e. The van der Waals surface area contributed by atoms with Gasteiger partial charge in [-0.15, -0.1) is 0 Å². The summed E-state index contributed by atoms with van der Waals surface area (Å²) in [6.07, 6.45) is 0.371. The number of amides is 1.